The second-order valence-corrected chi connectivity index (χ2v) is 10.1. The van der Waals surface area contributed by atoms with Crippen LogP contribution >= 0.6 is 0 Å². The minimum atomic E-state index is -2.86. The first-order chi connectivity index (χ1) is 18.1. The number of carbonyl (C=O) groups excluding carboxylic acids is 1. The molecule has 1 saturated heterocycles. The zero-order chi connectivity index (χ0) is 25.4. The van der Waals surface area contributed by atoms with E-state index < -0.39 is 6.61 Å². The summed E-state index contributed by atoms with van der Waals surface area (Å²) in [6.45, 7) is -2.55. The Kier molecular flexibility index (Phi) is 6.41. The maximum Gasteiger partial charge on any atom is 0.410 e. The van der Waals surface area contributed by atoms with E-state index in [0.717, 1.165) is 30.4 Å². The normalized spacial score (nSPS) is 20.3. The number of carbonyl (C=O) groups is 1. The Labute approximate surface area is 215 Å². The van der Waals surface area contributed by atoms with Crippen molar-refractivity contribution >= 4 is 6.09 Å². The molecule has 1 aliphatic carbocycles. The van der Waals surface area contributed by atoms with Crippen molar-refractivity contribution in [2.24, 2.45) is 0 Å². The van der Waals surface area contributed by atoms with E-state index in [0.29, 0.717) is 19.4 Å². The van der Waals surface area contributed by atoms with Gasteiger partial charge >= 0.3 is 12.7 Å². The number of hydrogen-bond donors (Lipinski definition) is 0. The Morgan fingerprint density at radius 3 is 2.30 bits per heavy atom. The number of benzene rings is 3. The lowest BCUT2D eigenvalue weighted by molar-refractivity contribution is -0.0504. The number of fused-ring (bicyclic) bond motifs is 5. The lowest BCUT2D eigenvalue weighted by Gasteiger charge is -2.44. The molecule has 1 amide bonds. The summed E-state index contributed by atoms with van der Waals surface area (Å²) in [7, 11) is 0. The fourth-order valence-corrected chi connectivity index (χ4v) is 6.31. The van der Waals surface area contributed by atoms with Crippen LogP contribution in [0.3, 0.4) is 0 Å². The van der Waals surface area contributed by atoms with Crippen LogP contribution in [0, 0.1) is 0 Å². The molecule has 2 bridgehead atoms. The molecule has 2 heterocycles. The van der Waals surface area contributed by atoms with Crippen LogP contribution in [0.4, 0.5) is 13.6 Å². The molecule has 4 nitrogen and oxygen atoms in total. The third-order valence-corrected chi connectivity index (χ3v) is 7.87. The number of halogens is 2. The first kappa shape index (κ1) is 23.7. The van der Waals surface area contributed by atoms with Gasteiger partial charge in [0.1, 0.15) is 12.4 Å². The number of amides is 1. The predicted molar refractivity (Wildman–Crippen MR) is 138 cm³/mol. The third kappa shape index (κ3) is 4.61. The van der Waals surface area contributed by atoms with Gasteiger partial charge < -0.3 is 9.47 Å². The maximum atomic E-state index is 13.4. The highest BCUT2D eigenvalue weighted by Crippen LogP contribution is 2.45. The molecule has 0 saturated carbocycles. The summed E-state index contributed by atoms with van der Waals surface area (Å²) in [5.41, 5.74) is 6.70. The number of nitrogens with zero attached hydrogens (tertiary/aromatic N) is 1. The lowest BCUT2D eigenvalue weighted by Crippen LogP contribution is -2.52. The van der Waals surface area contributed by atoms with Crippen LogP contribution < -0.4 is 4.74 Å². The van der Waals surface area contributed by atoms with E-state index in [1.165, 1.54) is 22.3 Å². The van der Waals surface area contributed by atoms with Crippen LogP contribution in [-0.4, -0.2) is 36.3 Å². The fourth-order valence-electron chi connectivity index (χ4n) is 6.31. The smallest absolute Gasteiger partial charge is 0.410 e. The molecule has 3 aromatic rings. The quantitative estimate of drug-likeness (QED) is 0.332. The van der Waals surface area contributed by atoms with Gasteiger partial charge in [-0.25, -0.2) is 4.79 Å². The summed E-state index contributed by atoms with van der Waals surface area (Å²) in [5.74, 6) is 0.237. The van der Waals surface area contributed by atoms with Crippen molar-refractivity contribution in [1.82, 2.24) is 4.90 Å². The van der Waals surface area contributed by atoms with Crippen LogP contribution in [0.25, 0.3) is 11.1 Å². The van der Waals surface area contributed by atoms with E-state index in [1.807, 2.05) is 41.3 Å². The number of hydrogen-bond acceptors (Lipinski definition) is 3. The molecule has 6 heteroatoms. The maximum absolute atomic E-state index is 13.4. The van der Waals surface area contributed by atoms with Gasteiger partial charge in [0.05, 0.1) is 6.04 Å². The van der Waals surface area contributed by atoms with Crippen LogP contribution in [0.15, 0.2) is 84.4 Å². The zero-order valence-corrected chi connectivity index (χ0v) is 20.5. The second-order valence-electron chi connectivity index (χ2n) is 10.1. The van der Waals surface area contributed by atoms with Crippen molar-refractivity contribution in [3.8, 4) is 16.9 Å². The minimum absolute atomic E-state index is 0.0263. The summed E-state index contributed by atoms with van der Waals surface area (Å²) in [6, 6.07) is 23.6. The van der Waals surface area contributed by atoms with Gasteiger partial charge in [-0.1, -0.05) is 78.4 Å². The van der Waals surface area contributed by atoms with Gasteiger partial charge in [-0.05, 0) is 66.0 Å². The van der Waals surface area contributed by atoms with Gasteiger partial charge in [0.15, 0.2) is 0 Å². The van der Waals surface area contributed by atoms with Gasteiger partial charge in [-0.15, -0.1) is 0 Å². The van der Waals surface area contributed by atoms with Crippen molar-refractivity contribution in [3.63, 3.8) is 0 Å². The number of rotatable bonds is 6. The molecule has 3 aromatic carbocycles. The van der Waals surface area contributed by atoms with E-state index in [2.05, 4.69) is 30.3 Å². The largest absolute Gasteiger partial charge is 0.448 e. The molecular formula is C31H29F2NO3. The number of ether oxygens (including phenoxy) is 2. The van der Waals surface area contributed by atoms with E-state index in [-0.39, 0.29) is 29.8 Å². The predicted octanol–water partition coefficient (Wildman–Crippen LogP) is 7.33. The first-order valence-electron chi connectivity index (χ1n) is 12.9. The SMILES string of the molecule is O=C(OCC1c2ccccc2-c2ccccc21)N1C2C=C(Cc3ccccc3OC(F)F)CC1CCC2. The molecule has 190 valence electrons. The molecule has 0 radical (unpaired) electrons. The summed E-state index contributed by atoms with van der Waals surface area (Å²) < 4.78 is 36.4. The van der Waals surface area contributed by atoms with Crippen molar-refractivity contribution in [3.05, 3.63) is 101 Å². The molecule has 0 spiro atoms. The average Bonchev–Trinajstić information content (AvgIpc) is 3.21. The first-order valence-corrected chi connectivity index (χ1v) is 12.9. The molecule has 0 aromatic heterocycles. The van der Waals surface area contributed by atoms with Gasteiger partial charge in [-0.3, -0.25) is 4.90 Å². The average molecular weight is 502 g/mol. The number of alkyl halides is 2. The van der Waals surface area contributed by atoms with Crippen LogP contribution in [-0.2, 0) is 11.2 Å². The van der Waals surface area contributed by atoms with Gasteiger partial charge in [0.2, 0.25) is 0 Å². The van der Waals surface area contributed by atoms with Gasteiger partial charge in [-0.2, -0.15) is 8.78 Å². The molecule has 1 fully saturated rings. The summed E-state index contributed by atoms with van der Waals surface area (Å²) >= 11 is 0. The molecule has 6 rings (SSSR count). The van der Waals surface area contributed by atoms with Crippen LogP contribution in [0.2, 0.25) is 0 Å². The van der Waals surface area contributed by atoms with E-state index in [9.17, 15) is 13.6 Å². The lowest BCUT2D eigenvalue weighted by atomic mass is 9.83. The topological polar surface area (TPSA) is 38.8 Å². The monoisotopic (exact) mass is 501 g/mol. The molecule has 2 aliphatic heterocycles. The summed E-state index contributed by atoms with van der Waals surface area (Å²) in [6.07, 6.45) is 5.95. The Balaban J connectivity index is 1.17. The van der Waals surface area contributed by atoms with E-state index in [4.69, 9.17) is 9.47 Å². The fraction of sp³-hybridized carbons (Fsp3) is 0.323. The Morgan fingerprint density at radius 1 is 0.919 bits per heavy atom. The van der Waals surface area contributed by atoms with Crippen LogP contribution in [0.1, 0.15) is 48.3 Å². The van der Waals surface area contributed by atoms with E-state index >= 15 is 0 Å². The van der Waals surface area contributed by atoms with Crippen molar-refractivity contribution < 1.29 is 23.0 Å². The van der Waals surface area contributed by atoms with Gasteiger partial charge in [0, 0.05) is 12.0 Å². The standard InChI is InChI=1S/C31H29F2NO3/c32-30(33)37-29-15-6-1-8-21(29)16-20-17-22-9-7-10-23(18-20)34(22)31(35)36-19-28-26-13-4-2-11-24(26)25-12-3-5-14-27(25)28/h1-6,8,11-15,17,22-23,28,30H,7,9-10,16,18-19H2. The Morgan fingerprint density at radius 2 is 1.59 bits per heavy atom. The number of piperidine rings is 1. The Bertz CT molecular complexity index is 1290. The Hall–Kier alpha value is -3.67. The van der Waals surface area contributed by atoms with Crippen molar-refractivity contribution in [2.45, 2.75) is 56.7 Å². The second kappa shape index (κ2) is 10.0. The van der Waals surface area contributed by atoms with Gasteiger partial charge in [0.25, 0.3) is 0 Å². The van der Waals surface area contributed by atoms with Crippen LogP contribution in [0.5, 0.6) is 5.75 Å². The summed E-state index contributed by atoms with van der Waals surface area (Å²) in [4.78, 5) is 15.3. The highest BCUT2D eigenvalue weighted by atomic mass is 19.3. The highest BCUT2D eigenvalue weighted by Gasteiger charge is 2.39. The third-order valence-electron chi connectivity index (χ3n) is 7.87. The molecular weight excluding hydrogens is 472 g/mol. The molecule has 0 N–H and O–H groups in total. The van der Waals surface area contributed by atoms with E-state index in [1.54, 1.807) is 12.1 Å². The molecule has 2 unspecified atom stereocenters. The summed E-state index contributed by atoms with van der Waals surface area (Å²) in [5, 5.41) is 0. The highest BCUT2D eigenvalue weighted by molar-refractivity contribution is 5.79. The van der Waals surface area contributed by atoms with Crippen molar-refractivity contribution in [1.29, 1.82) is 0 Å². The molecule has 2 atom stereocenters. The zero-order valence-electron chi connectivity index (χ0n) is 20.5. The molecule has 37 heavy (non-hydrogen) atoms. The molecule has 3 aliphatic rings. The number of para-hydroxylation sites is 1. The minimum Gasteiger partial charge on any atom is -0.448 e. The van der Waals surface area contributed by atoms with Crippen molar-refractivity contribution in [2.75, 3.05) is 6.61 Å².